The van der Waals surface area contributed by atoms with E-state index in [-0.39, 0.29) is 18.5 Å². The molecule has 11 heavy (non-hydrogen) atoms. The topological polar surface area (TPSA) is 55.4 Å². The van der Waals surface area contributed by atoms with Crippen molar-refractivity contribution in [2.45, 2.75) is 12.5 Å². The molecule has 1 fully saturated rings. The third-order valence-corrected chi connectivity index (χ3v) is 1.95. The van der Waals surface area contributed by atoms with Crippen LogP contribution in [0.5, 0.6) is 0 Å². The van der Waals surface area contributed by atoms with Crippen LogP contribution in [0.4, 0.5) is 0 Å². The molecule has 0 radical (unpaired) electrons. The average Bonchev–Trinajstić information content (AvgIpc) is 2.12. The van der Waals surface area contributed by atoms with Gasteiger partial charge in [-0.1, -0.05) is 0 Å². The van der Waals surface area contributed by atoms with E-state index >= 15 is 0 Å². The number of nitrogens with one attached hydrogen (secondary N) is 1. The lowest BCUT2D eigenvalue weighted by Crippen LogP contribution is -2.19. The lowest BCUT2D eigenvalue weighted by molar-refractivity contribution is 0.232. The van der Waals surface area contributed by atoms with Crippen molar-refractivity contribution in [1.82, 2.24) is 5.32 Å². The number of rotatable bonds is 2. The molecule has 1 aliphatic heterocycles. The SMILES string of the molecule is CS(=O)(=O)OC1CCNC1.Cl. The van der Waals surface area contributed by atoms with Gasteiger partial charge < -0.3 is 5.32 Å². The van der Waals surface area contributed by atoms with E-state index in [2.05, 4.69) is 5.32 Å². The van der Waals surface area contributed by atoms with E-state index in [9.17, 15) is 8.42 Å². The molecule has 6 heteroatoms. The first-order valence-corrected chi connectivity index (χ1v) is 4.98. The minimum absolute atomic E-state index is 0. The molecule has 0 aromatic rings. The summed E-state index contributed by atoms with van der Waals surface area (Å²) in [6.45, 7) is 1.49. The molecule has 68 valence electrons. The predicted octanol–water partition coefficient (Wildman–Crippen LogP) is -0.254. The zero-order valence-corrected chi connectivity index (χ0v) is 7.87. The largest absolute Gasteiger partial charge is 0.314 e. The van der Waals surface area contributed by atoms with Crippen LogP contribution < -0.4 is 5.32 Å². The first-order valence-electron chi connectivity index (χ1n) is 3.17. The van der Waals surface area contributed by atoms with Crippen LogP contribution >= 0.6 is 12.4 Å². The summed E-state index contributed by atoms with van der Waals surface area (Å²) in [6.07, 6.45) is 1.72. The molecule has 0 aromatic carbocycles. The maximum atomic E-state index is 10.5. The normalized spacial score (nSPS) is 24.6. The molecule has 0 aliphatic carbocycles. The van der Waals surface area contributed by atoms with Crippen molar-refractivity contribution in [2.75, 3.05) is 19.3 Å². The van der Waals surface area contributed by atoms with Crippen molar-refractivity contribution in [3.8, 4) is 0 Å². The van der Waals surface area contributed by atoms with Gasteiger partial charge in [0.2, 0.25) is 0 Å². The molecule has 1 N–H and O–H groups in total. The monoisotopic (exact) mass is 201 g/mol. The first-order chi connectivity index (χ1) is 4.58. The second-order valence-corrected chi connectivity index (χ2v) is 4.02. The van der Waals surface area contributed by atoms with Crippen LogP contribution in [0.25, 0.3) is 0 Å². The summed E-state index contributed by atoms with van der Waals surface area (Å²) in [5.41, 5.74) is 0. The van der Waals surface area contributed by atoms with E-state index in [1.54, 1.807) is 0 Å². The van der Waals surface area contributed by atoms with Crippen LogP contribution in [0.3, 0.4) is 0 Å². The number of hydrogen-bond acceptors (Lipinski definition) is 4. The Hall–Kier alpha value is 0.160. The van der Waals surface area contributed by atoms with Crippen molar-refractivity contribution in [3.63, 3.8) is 0 Å². The second-order valence-electron chi connectivity index (χ2n) is 2.42. The minimum Gasteiger partial charge on any atom is -0.314 e. The molecule has 0 aromatic heterocycles. The van der Waals surface area contributed by atoms with Crippen molar-refractivity contribution in [1.29, 1.82) is 0 Å². The minimum atomic E-state index is -3.25. The van der Waals surface area contributed by atoms with E-state index in [0.717, 1.165) is 19.2 Å². The Labute approximate surface area is 72.8 Å². The molecule has 0 amide bonds. The maximum absolute atomic E-state index is 10.5. The molecule has 4 nitrogen and oxygen atoms in total. The third-order valence-electron chi connectivity index (χ3n) is 1.33. The van der Waals surface area contributed by atoms with Crippen LogP contribution in [0.2, 0.25) is 0 Å². The van der Waals surface area contributed by atoms with E-state index < -0.39 is 10.1 Å². The van der Waals surface area contributed by atoms with Crippen molar-refractivity contribution in [2.24, 2.45) is 0 Å². The van der Waals surface area contributed by atoms with Crippen LogP contribution in [-0.2, 0) is 14.3 Å². The fraction of sp³-hybridized carbons (Fsp3) is 1.00. The summed E-state index contributed by atoms with van der Waals surface area (Å²) in [5, 5.41) is 3.01. The van der Waals surface area contributed by atoms with Crippen LogP contribution in [0.1, 0.15) is 6.42 Å². The predicted molar refractivity (Wildman–Crippen MR) is 44.5 cm³/mol. The van der Waals surface area contributed by atoms with Gasteiger partial charge >= 0.3 is 0 Å². The van der Waals surface area contributed by atoms with Crippen molar-refractivity contribution in [3.05, 3.63) is 0 Å². The van der Waals surface area contributed by atoms with E-state index in [0.29, 0.717) is 6.54 Å². The molecule has 1 unspecified atom stereocenters. The molecule has 0 spiro atoms. The summed E-state index contributed by atoms with van der Waals surface area (Å²) in [5.74, 6) is 0. The fourth-order valence-electron chi connectivity index (χ4n) is 0.957. The van der Waals surface area contributed by atoms with Gasteiger partial charge in [0.15, 0.2) is 0 Å². The van der Waals surface area contributed by atoms with Gasteiger partial charge in [-0.3, -0.25) is 4.18 Å². The van der Waals surface area contributed by atoms with Gasteiger partial charge in [0, 0.05) is 6.54 Å². The molecule has 0 saturated carbocycles. The van der Waals surface area contributed by atoms with Gasteiger partial charge in [-0.05, 0) is 13.0 Å². The van der Waals surface area contributed by atoms with E-state index in [4.69, 9.17) is 4.18 Å². The smallest absolute Gasteiger partial charge is 0.264 e. The highest BCUT2D eigenvalue weighted by Crippen LogP contribution is 2.05. The van der Waals surface area contributed by atoms with Gasteiger partial charge in [-0.25, -0.2) is 0 Å². The zero-order valence-electron chi connectivity index (χ0n) is 6.24. The quantitative estimate of drug-likeness (QED) is 0.626. The number of hydrogen-bond donors (Lipinski definition) is 1. The Bertz CT molecular complexity index is 198. The highest BCUT2D eigenvalue weighted by atomic mass is 35.5. The summed E-state index contributed by atoms with van der Waals surface area (Å²) < 4.78 is 25.8. The van der Waals surface area contributed by atoms with Gasteiger partial charge in [0.05, 0.1) is 12.4 Å². The molecule has 0 bridgehead atoms. The average molecular weight is 202 g/mol. The Morgan fingerprint density at radius 2 is 2.18 bits per heavy atom. The maximum Gasteiger partial charge on any atom is 0.264 e. The van der Waals surface area contributed by atoms with E-state index in [1.807, 2.05) is 0 Å². The van der Waals surface area contributed by atoms with Crippen LogP contribution in [0, 0.1) is 0 Å². The molecule has 1 aliphatic rings. The third kappa shape index (κ3) is 4.58. The van der Waals surface area contributed by atoms with Gasteiger partial charge in [0.25, 0.3) is 10.1 Å². The summed E-state index contributed by atoms with van der Waals surface area (Å²) in [7, 11) is -3.25. The molecule has 1 saturated heterocycles. The Kier molecular flexibility index (Phi) is 4.31. The highest BCUT2D eigenvalue weighted by Gasteiger charge is 2.18. The first kappa shape index (κ1) is 11.2. The Morgan fingerprint density at radius 1 is 1.55 bits per heavy atom. The molecule has 1 atom stereocenters. The van der Waals surface area contributed by atoms with Gasteiger partial charge in [-0.2, -0.15) is 8.42 Å². The molecular weight excluding hydrogens is 190 g/mol. The highest BCUT2D eigenvalue weighted by molar-refractivity contribution is 7.86. The van der Waals surface area contributed by atoms with Crippen LogP contribution in [-0.4, -0.2) is 33.9 Å². The molecule has 1 rings (SSSR count). The molecular formula is C5H12ClNO3S. The van der Waals surface area contributed by atoms with Crippen LogP contribution in [0.15, 0.2) is 0 Å². The second kappa shape index (κ2) is 4.25. The van der Waals surface area contributed by atoms with Crippen molar-refractivity contribution >= 4 is 22.5 Å². The summed E-state index contributed by atoms with van der Waals surface area (Å²) >= 11 is 0. The Balaban J connectivity index is 0.000001000. The zero-order chi connectivity index (χ0) is 7.61. The molecule has 1 heterocycles. The van der Waals surface area contributed by atoms with Gasteiger partial charge in [-0.15, -0.1) is 12.4 Å². The summed E-state index contributed by atoms with van der Waals surface area (Å²) in [4.78, 5) is 0. The number of halogens is 1. The van der Waals surface area contributed by atoms with Crippen molar-refractivity contribution < 1.29 is 12.6 Å². The Morgan fingerprint density at radius 3 is 2.55 bits per heavy atom. The van der Waals surface area contributed by atoms with E-state index in [1.165, 1.54) is 0 Å². The van der Waals surface area contributed by atoms with Gasteiger partial charge in [0.1, 0.15) is 0 Å². The standard InChI is InChI=1S/C5H11NO3S.ClH/c1-10(7,8)9-5-2-3-6-4-5;/h5-6H,2-4H2,1H3;1H. The summed E-state index contributed by atoms with van der Waals surface area (Å²) in [6, 6.07) is 0. The lowest BCUT2D eigenvalue weighted by Gasteiger charge is -2.05. The lowest BCUT2D eigenvalue weighted by atomic mass is 10.3. The fourth-order valence-corrected chi connectivity index (χ4v) is 1.62.